The lowest BCUT2D eigenvalue weighted by Crippen LogP contribution is -2.20. The van der Waals surface area contributed by atoms with Gasteiger partial charge >= 0.3 is 0 Å². The minimum atomic E-state index is -1.07. The van der Waals surface area contributed by atoms with E-state index in [0.29, 0.717) is 14.8 Å². The lowest BCUT2D eigenvalue weighted by molar-refractivity contribution is 0.478. The van der Waals surface area contributed by atoms with E-state index in [4.69, 9.17) is 0 Å². The molecule has 0 spiro atoms. The first-order valence-electron chi connectivity index (χ1n) is 6.50. The molecule has 0 N–H and O–H groups in total. The van der Waals surface area contributed by atoms with Gasteiger partial charge in [0.25, 0.3) is 0 Å². The van der Waals surface area contributed by atoms with Crippen LogP contribution >= 0.6 is 31.9 Å². The molecule has 2 aromatic rings. The average molecular weight is 439 g/mol. The van der Waals surface area contributed by atoms with Crippen molar-refractivity contribution in [3.8, 4) is 0 Å². The van der Waals surface area contributed by atoms with Crippen LogP contribution in [0.1, 0.15) is 12.8 Å². The summed E-state index contributed by atoms with van der Waals surface area (Å²) in [5.41, 5.74) is 0. The van der Waals surface area contributed by atoms with Gasteiger partial charge in [-0.1, -0.05) is 0 Å². The number of halogens is 5. The maximum Gasteiger partial charge on any atom is 0.248 e. The third kappa shape index (κ3) is 4.67. The molecule has 0 bridgehead atoms. The van der Waals surface area contributed by atoms with Crippen LogP contribution < -0.4 is 4.90 Å². The zero-order valence-corrected chi connectivity index (χ0v) is 14.5. The highest BCUT2D eigenvalue weighted by Crippen LogP contribution is 2.23. The van der Waals surface area contributed by atoms with E-state index in [1.807, 2.05) is 4.90 Å². The molecule has 0 aliphatic carbocycles. The van der Waals surface area contributed by atoms with Crippen LogP contribution in [0.5, 0.6) is 0 Å². The minimum absolute atomic E-state index is 0.240. The number of hydrogen-bond acceptors (Lipinski definition) is 3. The van der Waals surface area contributed by atoms with E-state index in [0.717, 1.165) is 32.0 Å². The van der Waals surface area contributed by atoms with Crippen LogP contribution in [0.4, 0.5) is 19.0 Å². The summed E-state index contributed by atoms with van der Waals surface area (Å²) >= 11 is 6.11. The maximum absolute atomic E-state index is 13.4. The van der Waals surface area contributed by atoms with Crippen molar-refractivity contribution in [1.82, 2.24) is 9.97 Å². The van der Waals surface area contributed by atoms with Gasteiger partial charge in [0.1, 0.15) is 0 Å². The highest BCUT2D eigenvalue weighted by Gasteiger charge is 2.17. The summed E-state index contributed by atoms with van der Waals surface area (Å²) in [6.45, 7) is 1.84. The molecule has 0 aromatic carbocycles. The third-order valence-electron chi connectivity index (χ3n) is 2.96. The van der Waals surface area contributed by atoms with E-state index in [1.165, 1.54) is 12.3 Å². The van der Waals surface area contributed by atoms with Crippen LogP contribution in [0.3, 0.4) is 0 Å². The average Bonchev–Trinajstić information content (AvgIpc) is 2.98. The van der Waals surface area contributed by atoms with Crippen molar-refractivity contribution in [3.63, 3.8) is 0 Å². The fraction of sp³-hybridized carbons (Fsp3) is 0.286. The largest absolute Gasteiger partial charge is 0.354 e. The van der Waals surface area contributed by atoms with E-state index in [9.17, 15) is 13.2 Å². The predicted octanol–water partition coefficient (Wildman–Crippen LogP) is 4.71. The summed E-state index contributed by atoms with van der Waals surface area (Å²) in [6.07, 6.45) is 5.10. The first-order chi connectivity index (χ1) is 10.5. The van der Waals surface area contributed by atoms with Gasteiger partial charge in [-0.05, 0) is 56.8 Å². The summed E-state index contributed by atoms with van der Waals surface area (Å²) in [7, 11) is 0. The van der Waals surface area contributed by atoms with Crippen molar-refractivity contribution in [1.29, 1.82) is 0 Å². The Morgan fingerprint density at radius 3 is 1.91 bits per heavy atom. The van der Waals surface area contributed by atoms with Gasteiger partial charge in [0.05, 0.1) is 0 Å². The number of anilines is 1. The number of aromatic nitrogens is 2. The third-order valence-corrected chi connectivity index (χ3v) is 3.82. The number of rotatable bonds is 1. The van der Waals surface area contributed by atoms with Crippen LogP contribution in [0.2, 0.25) is 0 Å². The molecule has 1 aliphatic rings. The standard InChI is InChI=1S/C9H10BrFN2.C5H2BrF2N/c10-7-5-8(11)9(12-6-7)13-3-1-2-4-13;6-3-1-4(7)5(8)9-2-3/h5-6H,1-4H2;1-2H. The van der Waals surface area contributed by atoms with Crippen LogP contribution in [-0.2, 0) is 0 Å². The normalized spacial score (nSPS) is 13.8. The van der Waals surface area contributed by atoms with Gasteiger partial charge in [0.2, 0.25) is 5.95 Å². The zero-order valence-electron chi connectivity index (χ0n) is 11.4. The Morgan fingerprint density at radius 1 is 0.864 bits per heavy atom. The van der Waals surface area contributed by atoms with Crippen molar-refractivity contribution in [2.24, 2.45) is 0 Å². The Kier molecular flexibility index (Phi) is 6.19. The maximum atomic E-state index is 13.4. The van der Waals surface area contributed by atoms with Gasteiger partial charge in [0, 0.05) is 34.4 Å². The molecule has 0 atom stereocenters. The monoisotopic (exact) mass is 437 g/mol. The summed E-state index contributed by atoms with van der Waals surface area (Å²) in [5, 5.41) is 0. The van der Waals surface area contributed by atoms with Crippen molar-refractivity contribution in [2.75, 3.05) is 18.0 Å². The number of hydrogen-bond donors (Lipinski definition) is 0. The summed E-state index contributed by atoms with van der Waals surface area (Å²) in [4.78, 5) is 9.14. The van der Waals surface area contributed by atoms with Gasteiger partial charge in [-0.25, -0.2) is 18.7 Å². The van der Waals surface area contributed by atoms with Crippen LogP contribution in [-0.4, -0.2) is 23.1 Å². The number of pyridine rings is 2. The molecule has 1 fully saturated rings. The molecule has 0 unspecified atom stereocenters. The van der Waals surface area contributed by atoms with Crippen LogP contribution in [0, 0.1) is 17.6 Å². The molecular weight excluding hydrogens is 427 g/mol. The molecule has 0 radical (unpaired) electrons. The molecule has 0 saturated carbocycles. The molecule has 3 heterocycles. The molecule has 118 valence electrons. The second-order valence-corrected chi connectivity index (χ2v) is 6.41. The topological polar surface area (TPSA) is 29.0 Å². The second kappa shape index (κ2) is 7.92. The molecule has 3 nitrogen and oxygen atoms in total. The van der Waals surface area contributed by atoms with E-state index in [-0.39, 0.29) is 5.82 Å². The summed E-state index contributed by atoms with van der Waals surface area (Å²) in [6, 6.07) is 2.48. The molecule has 0 amide bonds. The molecule has 2 aromatic heterocycles. The lowest BCUT2D eigenvalue weighted by atomic mass is 10.4. The van der Waals surface area contributed by atoms with E-state index < -0.39 is 11.8 Å². The van der Waals surface area contributed by atoms with Gasteiger partial charge in [-0.15, -0.1) is 0 Å². The highest BCUT2D eigenvalue weighted by molar-refractivity contribution is 9.10. The quantitative estimate of drug-likeness (QED) is 0.604. The molecule has 1 saturated heterocycles. The highest BCUT2D eigenvalue weighted by atomic mass is 79.9. The fourth-order valence-corrected chi connectivity index (χ4v) is 2.57. The van der Waals surface area contributed by atoms with Gasteiger partial charge in [-0.3, -0.25) is 0 Å². The van der Waals surface area contributed by atoms with E-state index >= 15 is 0 Å². The minimum Gasteiger partial charge on any atom is -0.354 e. The van der Waals surface area contributed by atoms with Gasteiger partial charge in [0.15, 0.2) is 17.5 Å². The Morgan fingerprint density at radius 2 is 1.41 bits per heavy atom. The molecular formula is C14H12Br2F3N3. The molecule has 8 heteroatoms. The first kappa shape index (κ1) is 17.2. The van der Waals surface area contributed by atoms with Crippen molar-refractivity contribution >= 4 is 37.7 Å². The van der Waals surface area contributed by atoms with Crippen molar-refractivity contribution < 1.29 is 13.2 Å². The smallest absolute Gasteiger partial charge is 0.248 e. The van der Waals surface area contributed by atoms with Crippen molar-refractivity contribution in [2.45, 2.75) is 12.8 Å². The zero-order chi connectivity index (χ0) is 16.1. The van der Waals surface area contributed by atoms with E-state index in [2.05, 4.69) is 41.8 Å². The van der Waals surface area contributed by atoms with E-state index in [1.54, 1.807) is 6.20 Å². The Bertz CT molecular complexity index is 649. The predicted molar refractivity (Wildman–Crippen MR) is 85.2 cm³/mol. The number of nitrogens with zero attached hydrogens (tertiary/aromatic N) is 3. The molecule has 22 heavy (non-hydrogen) atoms. The van der Waals surface area contributed by atoms with Crippen LogP contribution in [0.25, 0.3) is 0 Å². The summed E-state index contributed by atoms with van der Waals surface area (Å²) < 4.78 is 38.6. The molecule has 3 rings (SSSR count). The molecule has 1 aliphatic heterocycles. The summed E-state index contributed by atoms with van der Waals surface area (Å²) in [5.74, 6) is -1.76. The van der Waals surface area contributed by atoms with Crippen LogP contribution in [0.15, 0.2) is 33.5 Å². The second-order valence-electron chi connectivity index (χ2n) is 4.58. The lowest BCUT2D eigenvalue weighted by Gasteiger charge is -2.16. The Labute approximate surface area is 142 Å². The van der Waals surface area contributed by atoms with Crippen molar-refractivity contribution in [3.05, 3.63) is 51.1 Å². The first-order valence-corrected chi connectivity index (χ1v) is 8.08. The van der Waals surface area contributed by atoms with Gasteiger partial charge < -0.3 is 4.90 Å². The Balaban J connectivity index is 0.000000172. The Hall–Kier alpha value is -1.15. The fourth-order valence-electron chi connectivity index (χ4n) is 1.97. The SMILES string of the molecule is Fc1cc(Br)cnc1F.Fc1cc(Br)cnc1N1CCCC1. The van der Waals surface area contributed by atoms with Gasteiger partial charge in [-0.2, -0.15) is 4.39 Å².